The van der Waals surface area contributed by atoms with Crippen molar-refractivity contribution in [2.45, 2.75) is 39.0 Å². The van der Waals surface area contributed by atoms with Gasteiger partial charge in [-0.25, -0.2) is 0 Å². The van der Waals surface area contributed by atoms with Crippen molar-refractivity contribution in [1.29, 1.82) is 0 Å². The third-order valence-corrected chi connectivity index (χ3v) is 4.29. The molecule has 1 nitrogen and oxygen atoms in total. The maximum absolute atomic E-state index is 3.67. The molecule has 1 N–H and O–H groups in total. The molecular formula is C15H24BrN. The van der Waals surface area contributed by atoms with E-state index in [-0.39, 0.29) is 0 Å². The summed E-state index contributed by atoms with van der Waals surface area (Å²) in [6.07, 6.45) is 3.83. The van der Waals surface area contributed by atoms with Gasteiger partial charge in [0.15, 0.2) is 0 Å². The van der Waals surface area contributed by atoms with E-state index in [4.69, 9.17) is 0 Å². The predicted molar refractivity (Wildman–Crippen MR) is 79.5 cm³/mol. The molecule has 1 aromatic rings. The molecule has 0 aliphatic rings. The second-order valence-corrected chi connectivity index (χ2v) is 5.55. The van der Waals surface area contributed by atoms with E-state index in [0.717, 1.165) is 12.5 Å². The van der Waals surface area contributed by atoms with Crippen LogP contribution >= 0.6 is 15.9 Å². The van der Waals surface area contributed by atoms with E-state index in [0.29, 0.717) is 5.92 Å². The minimum Gasteiger partial charge on any atom is -0.319 e. The maximum Gasteiger partial charge on any atom is 0.0210 e. The van der Waals surface area contributed by atoms with Crippen LogP contribution < -0.4 is 5.32 Å². The Hall–Kier alpha value is -0.340. The van der Waals surface area contributed by atoms with Crippen LogP contribution in [-0.4, -0.2) is 13.6 Å². The van der Waals surface area contributed by atoms with Crippen LogP contribution in [0.4, 0.5) is 0 Å². The molecule has 1 unspecified atom stereocenters. The second kappa shape index (κ2) is 7.88. The summed E-state index contributed by atoms with van der Waals surface area (Å²) in [5, 5.41) is 3.33. The SMILES string of the molecule is CCC(CC)CC(CNC)c1ccccc1Br. The summed E-state index contributed by atoms with van der Waals surface area (Å²) in [7, 11) is 2.04. The smallest absolute Gasteiger partial charge is 0.0210 e. The summed E-state index contributed by atoms with van der Waals surface area (Å²) in [5.41, 5.74) is 1.44. The summed E-state index contributed by atoms with van der Waals surface area (Å²) in [5.74, 6) is 1.45. The number of likely N-dealkylation sites (N-methyl/N-ethyl adjacent to an activating group) is 1. The normalized spacial score (nSPS) is 13.0. The van der Waals surface area contributed by atoms with Crippen LogP contribution in [0.5, 0.6) is 0 Å². The third-order valence-electron chi connectivity index (χ3n) is 3.57. The molecular weight excluding hydrogens is 274 g/mol. The Morgan fingerprint density at radius 1 is 1.18 bits per heavy atom. The Labute approximate surface area is 114 Å². The van der Waals surface area contributed by atoms with Crippen LogP contribution in [-0.2, 0) is 0 Å². The molecule has 17 heavy (non-hydrogen) atoms. The molecule has 1 atom stereocenters. The molecule has 0 saturated heterocycles. The minimum absolute atomic E-state index is 0.612. The molecule has 96 valence electrons. The molecule has 0 heterocycles. The highest BCUT2D eigenvalue weighted by molar-refractivity contribution is 9.10. The van der Waals surface area contributed by atoms with Gasteiger partial charge >= 0.3 is 0 Å². The fourth-order valence-corrected chi connectivity index (χ4v) is 3.01. The second-order valence-electron chi connectivity index (χ2n) is 4.69. The van der Waals surface area contributed by atoms with Crippen molar-refractivity contribution >= 4 is 15.9 Å². The highest BCUT2D eigenvalue weighted by atomic mass is 79.9. The van der Waals surface area contributed by atoms with E-state index >= 15 is 0 Å². The van der Waals surface area contributed by atoms with Crippen LogP contribution in [0.3, 0.4) is 0 Å². The molecule has 0 radical (unpaired) electrons. The van der Waals surface area contributed by atoms with Crippen molar-refractivity contribution in [1.82, 2.24) is 5.32 Å². The maximum atomic E-state index is 3.67. The van der Waals surface area contributed by atoms with Gasteiger partial charge in [-0.15, -0.1) is 0 Å². The third kappa shape index (κ3) is 4.44. The Morgan fingerprint density at radius 3 is 2.35 bits per heavy atom. The average molecular weight is 298 g/mol. The standard InChI is InChI=1S/C15H24BrN/c1-4-12(5-2)10-13(11-17-3)14-8-6-7-9-15(14)16/h6-9,12-13,17H,4-5,10-11H2,1-3H3. The average Bonchev–Trinajstić information content (AvgIpc) is 2.35. The van der Waals surface area contributed by atoms with Gasteiger partial charge in [-0.05, 0) is 36.9 Å². The van der Waals surface area contributed by atoms with Crippen LogP contribution in [0.1, 0.15) is 44.6 Å². The highest BCUT2D eigenvalue weighted by Crippen LogP contribution is 2.31. The van der Waals surface area contributed by atoms with Gasteiger partial charge in [0.1, 0.15) is 0 Å². The fraction of sp³-hybridized carbons (Fsp3) is 0.600. The number of halogens is 1. The van der Waals surface area contributed by atoms with Gasteiger partial charge in [0.2, 0.25) is 0 Å². The summed E-state index contributed by atoms with van der Waals surface area (Å²) in [6.45, 7) is 5.65. The first-order valence-electron chi connectivity index (χ1n) is 6.61. The zero-order chi connectivity index (χ0) is 12.7. The lowest BCUT2D eigenvalue weighted by atomic mass is 9.86. The summed E-state index contributed by atoms with van der Waals surface area (Å²) in [6, 6.07) is 8.61. The fourth-order valence-electron chi connectivity index (χ4n) is 2.40. The van der Waals surface area contributed by atoms with E-state index in [2.05, 4.69) is 59.4 Å². The van der Waals surface area contributed by atoms with Crippen molar-refractivity contribution in [2.24, 2.45) is 5.92 Å². The summed E-state index contributed by atoms with van der Waals surface area (Å²) in [4.78, 5) is 0. The van der Waals surface area contributed by atoms with Gasteiger partial charge in [0.25, 0.3) is 0 Å². The van der Waals surface area contributed by atoms with Crippen molar-refractivity contribution < 1.29 is 0 Å². The van der Waals surface area contributed by atoms with Crippen molar-refractivity contribution in [3.63, 3.8) is 0 Å². The van der Waals surface area contributed by atoms with Crippen molar-refractivity contribution in [2.75, 3.05) is 13.6 Å². The van der Waals surface area contributed by atoms with Crippen LogP contribution in [0.25, 0.3) is 0 Å². The number of nitrogens with one attached hydrogen (secondary N) is 1. The Kier molecular flexibility index (Phi) is 6.83. The predicted octanol–water partition coefficient (Wildman–Crippen LogP) is 4.58. The van der Waals surface area contributed by atoms with Gasteiger partial charge in [-0.2, -0.15) is 0 Å². The van der Waals surface area contributed by atoms with Gasteiger partial charge in [-0.1, -0.05) is 60.8 Å². The number of benzene rings is 1. The highest BCUT2D eigenvalue weighted by Gasteiger charge is 2.17. The van der Waals surface area contributed by atoms with E-state index in [9.17, 15) is 0 Å². The number of rotatable bonds is 7. The van der Waals surface area contributed by atoms with Crippen LogP contribution in [0.2, 0.25) is 0 Å². The number of hydrogen-bond acceptors (Lipinski definition) is 1. The Balaban J connectivity index is 2.81. The molecule has 0 spiro atoms. The molecule has 0 aliphatic carbocycles. The first-order chi connectivity index (χ1) is 8.22. The van der Waals surface area contributed by atoms with Crippen LogP contribution in [0.15, 0.2) is 28.7 Å². The first kappa shape index (κ1) is 14.7. The lowest BCUT2D eigenvalue weighted by molar-refractivity contribution is 0.403. The van der Waals surface area contributed by atoms with Gasteiger partial charge in [-0.3, -0.25) is 0 Å². The largest absolute Gasteiger partial charge is 0.319 e. The van der Waals surface area contributed by atoms with E-state index < -0.39 is 0 Å². The lowest BCUT2D eigenvalue weighted by Crippen LogP contribution is -2.20. The zero-order valence-corrected chi connectivity index (χ0v) is 12.8. The van der Waals surface area contributed by atoms with Crippen molar-refractivity contribution in [3.8, 4) is 0 Å². The molecule has 0 saturated carbocycles. The molecule has 2 heteroatoms. The topological polar surface area (TPSA) is 12.0 Å². The van der Waals surface area contributed by atoms with Gasteiger partial charge in [0.05, 0.1) is 0 Å². The molecule has 0 fully saturated rings. The van der Waals surface area contributed by atoms with E-state index in [1.807, 2.05) is 7.05 Å². The molecule has 1 rings (SSSR count). The molecule has 0 amide bonds. The summed E-state index contributed by atoms with van der Waals surface area (Å²) < 4.78 is 1.24. The van der Waals surface area contributed by atoms with E-state index in [1.165, 1.54) is 29.3 Å². The monoisotopic (exact) mass is 297 g/mol. The molecule has 0 aliphatic heterocycles. The molecule has 0 bridgehead atoms. The van der Waals surface area contributed by atoms with E-state index in [1.54, 1.807) is 0 Å². The van der Waals surface area contributed by atoms with Gasteiger partial charge in [0, 0.05) is 11.0 Å². The van der Waals surface area contributed by atoms with Gasteiger partial charge < -0.3 is 5.32 Å². The first-order valence-corrected chi connectivity index (χ1v) is 7.41. The Morgan fingerprint density at radius 2 is 1.82 bits per heavy atom. The van der Waals surface area contributed by atoms with Crippen LogP contribution in [0, 0.1) is 5.92 Å². The molecule has 1 aromatic carbocycles. The zero-order valence-electron chi connectivity index (χ0n) is 11.2. The Bertz CT molecular complexity index is 320. The lowest BCUT2D eigenvalue weighted by Gasteiger charge is -2.23. The summed E-state index contributed by atoms with van der Waals surface area (Å²) >= 11 is 3.67. The minimum atomic E-state index is 0.612. The van der Waals surface area contributed by atoms with Crippen molar-refractivity contribution in [3.05, 3.63) is 34.3 Å². The number of hydrogen-bond donors (Lipinski definition) is 1. The molecule has 0 aromatic heterocycles. The quantitative estimate of drug-likeness (QED) is 0.777.